The molecule has 0 aliphatic heterocycles. The van der Waals surface area contributed by atoms with E-state index in [0.29, 0.717) is 5.75 Å². The summed E-state index contributed by atoms with van der Waals surface area (Å²) in [5.41, 5.74) is 2.69. The Morgan fingerprint density at radius 2 is 2.04 bits per heavy atom. The Kier molecular flexibility index (Phi) is 5.28. The molecule has 144 valence electrons. The number of hydrogen-bond acceptors (Lipinski definition) is 7. The van der Waals surface area contributed by atoms with E-state index in [1.807, 2.05) is 24.3 Å². The highest BCUT2D eigenvalue weighted by atomic mass is 16.5. The summed E-state index contributed by atoms with van der Waals surface area (Å²) in [4.78, 5) is 30.3. The van der Waals surface area contributed by atoms with Gasteiger partial charge in [0, 0.05) is 7.05 Å². The Labute approximate surface area is 154 Å². The second kappa shape index (κ2) is 7.64. The Balaban J connectivity index is 1.81. The molecule has 10 heteroatoms. The maximum atomic E-state index is 12.2. The number of nitrogens with two attached hydrogens (primary N) is 1. The molecular weight excluding hydrogens is 352 g/mol. The minimum atomic E-state index is -0.933. The first-order chi connectivity index (χ1) is 12.9. The fraction of sp³-hybridized carbons (Fsp3) is 0.353. The number of nitrogens with zero attached hydrogens (tertiary/aromatic N) is 3. The predicted octanol–water partition coefficient (Wildman–Crippen LogP) is -0.289. The summed E-state index contributed by atoms with van der Waals surface area (Å²) in [6, 6.07) is 7.60. The third-order valence-electron chi connectivity index (χ3n) is 4.30. The third-order valence-corrected chi connectivity index (χ3v) is 4.30. The van der Waals surface area contributed by atoms with Crippen LogP contribution < -0.4 is 27.3 Å². The number of aliphatic hydroxyl groups excluding tert-OH is 1. The first kappa shape index (κ1) is 18.7. The van der Waals surface area contributed by atoms with Crippen molar-refractivity contribution in [1.82, 2.24) is 19.1 Å². The summed E-state index contributed by atoms with van der Waals surface area (Å²) in [5.74, 6) is 6.27. The van der Waals surface area contributed by atoms with Gasteiger partial charge in [-0.3, -0.25) is 19.8 Å². The number of aromatic amines is 1. The van der Waals surface area contributed by atoms with Crippen molar-refractivity contribution in [3.63, 3.8) is 0 Å². The predicted molar refractivity (Wildman–Crippen MR) is 101 cm³/mol. The summed E-state index contributed by atoms with van der Waals surface area (Å²) < 4.78 is 8.22. The van der Waals surface area contributed by atoms with Gasteiger partial charge in [-0.2, -0.15) is 4.98 Å². The van der Waals surface area contributed by atoms with E-state index >= 15 is 0 Å². The first-order valence-electron chi connectivity index (χ1n) is 8.50. The molecule has 0 saturated heterocycles. The van der Waals surface area contributed by atoms with Crippen molar-refractivity contribution in [1.29, 1.82) is 0 Å². The van der Waals surface area contributed by atoms with Gasteiger partial charge < -0.3 is 14.4 Å². The zero-order valence-corrected chi connectivity index (χ0v) is 15.1. The summed E-state index contributed by atoms with van der Waals surface area (Å²) in [7, 11) is 1.48. The molecule has 0 radical (unpaired) electrons. The Morgan fingerprint density at radius 3 is 2.67 bits per heavy atom. The van der Waals surface area contributed by atoms with Gasteiger partial charge >= 0.3 is 5.69 Å². The molecule has 1 aromatic carbocycles. The molecule has 10 nitrogen and oxygen atoms in total. The average Bonchev–Trinajstić information content (AvgIpc) is 3.04. The van der Waals surface area contributed by atoms with E-state index in [9.17, 15) is 14.7 Å². The summed E-state index contributed by atoms with van der Waals surface area (Å²) >= 11 is 0. The zero-order valence-electron chi connectivity index (χ0n) is 15.1. The summed E-state index contributed by atoms with van der Waals surface area (Å²) in [6.45, 7) is 2.08. The fourth-order valence-corrected chi connectivity index (χ4v) is 2.80. The number of aryl methyl sites for hydroxylation is 2. The minimum absolute atomic E-state index is 0.00433. The van der Waals surface area contributed by atoms with E-state index < -0.39 is 17.4 Å². The Hall–Kier alpha value is -3.11. The normalized spacial score (nSPS) is 12.3. The minimum Gasteiger partial charge on any atom is -0.491 e. The highest BCUT2D eigenvalue weighted by Crippen LogP contribution is 2.16. The van der Waals surface area contributed by atoms with Crippen LogP contribution in [0.15, 0.2) is 33.9 Å². The van der Waals surface area contributed by atoms with Crippen LogP contribution in [0.3, 0.4) is 0 Å². The number of aliphatic hydroxyl groups is 1. The highest BCUT2D eigenvalue weighted by Gasteiger charge is 2.19. The molecule has 2 heterocycles. The van der Waals surface area contributed by atoms with Gasteiger partial charge in [0.15, 0.2) is 11.2 Å². The molecular formula is C17H22N6O4. The number of ether oxygens (including phenoxy) is 1. The number of imidazole rings is 1. The molecule has 0 saturated carbocycles. The molecule has 3 aromatic rings. The Bertz CT molecular complexity index is 1050. The first-order valence-corrected chi connectivity index (χ1v) is 8.50. The van der Waals surface area contributed by atoms with Crippen molar-refractivity contribution in [2.45, 2.75) is 26.0 Å². The van der Waals surface area contributed by atoms with Crippen molar-refractivity contribution in [3.8, 4) is 5.75 Å². The van der Waals surface area contributed by atoms with Crippen LogP contribution in [0.5, 0.6) is 5.75 Å². The topological polar surface area (TPSA) is 140 Å². The number of hydrazine groups is 1. The maximum Gasteiger partial charge on any atom is 0.329 e. The molecule has 1 atom stereocenters. The van der Waals surface area contributed by atoms with E-state index in [-0.39, 0.29) is 30.3 Å². The molecule has 0 bridgehead atoms. The lowest BCUT2D eigenvalue weighted by Gasteiger charge is -2.15. The summed E-state index contributed by atoms with van der Waals surface area (Å²) in [6.07, 6.45) is -0.000287. The van der Waals surface area contributed by atoms with Gasteiger partial charge in [-0.15, -0.1) is 0 Å². The number of nitrogens with one attached hydrogen (secondary N) is 2. The van der Waals surface area contributed by atoms with Crippen LogP contribution in [0.1, 0.15) is 12.5 Å². The van der Waals surface area contributed by atoms with Crippen LogP contribution >= 0.6 is 0 Å². The molecule has 0 aliphatic rings. The third kappa shape index (κ3) is 3.71. The number of fused-ring (bicyclic) bond motifs is 1. The molecule has 2 aromatic heterocycles. The number of hydrogen-bond donors (Lipinski definition) is 4. The molecule has 5 N–H and O–H groups in total. The lowest BCUT2D eigenvalue weighted by molar-refractivity contribution is 0.0938. The van der Waals surface area contributed by atoms with Crippen LogP contribution in [-0.2, 0) is 20.0 Å². The lowest BCUT2D eigenvalue weighted by Crippen LogP contribution is -2.31. The van der Waals surface area contributed by atoms with Gasteiger partial charge in [-0.1, -0.05) is 19.1 Å². The van der Waals surface area contributed by atoms with Crippen LogP contribution in [0, 0.1) is 0 Å². The molecule has 0 amide bonds. The van der Waals surface area contributed by atoms with Crippen molar-refractivity contribution >= 4 is 17.1 Å². The monoisotopic (exact) mass is 374 g/mol. The van der Waals surface area contributed by atoms with Crippen molar-refractivity contribution < 1.29 is 9.84 Å². The largest absolute Gasteiger partial charge is 0.491 e. The van der Waals surface area contributed by atoms with Crippen LogP contribution in [0.2, 0.25) is 0 Å². The van der Waals surface area contributed by atoms with Gasteiger partial charge in [0.1, 0.15) is 18.5 Å². The number of anilines is 1. The number of rotatable bonds is 7. The van der Waals surface area contributed by atoms with Crippen LogP contribution in [-0.4, -0.2) is 36.9 Å². The van der Waals surface area contributed by atoms with Gasteiger partial charge in [-0.25, -0.2) is 10.6 Å². The van der Waals surface area contributed by atoms with Crippen molar-refractivity contribution in [3.05, 3.63) is 50.7 Å². The fourth-order valence-electron chi connectivity index (χ4n) is 2.80. The van der Waals surface area contributed by atoms with E-state index in [2.05, 4.69) is 22.3 Å². The van der Waals surface area contributed by atoms with Crippen LogP contribution in [0.25, 0.3) is 11.2 Å². The van der Waals surface area contributed by atoms with Crippen molar-refractivity contribution in [2.24, 2.45) is 12.9 Å². The molecule has 27 heavy (non-hydrogen) atoms. The van der Waals surface area contributed by atoms with Gasteiger partial charge in [0.05, 0.1) is 6.54 Å². The average molecular weight is 374 g/mol. The SMILES string of the molecule is CCc1ccc(OCC(O)Cn2c(NN)nc3c2c(=O)[nH]c(=O)n3C)cc1. The van der Waals surface area contributed by atoms with E-state index in [0.717, 1.165) is 6.42 Å². The van der Waals surface area contributed by atoms with Gasteiger partial charge in [-0.05, 0) is 24.1 Å². The summed E-state index contributed by atoms with van der Waals surface area (Å²) in [5, 5.41) is 10.4. The van der Waals surface area contributed by atoms with E-state index in [1.54, 1.807) is 0 Å². The Morgan fingerprint density at radius 1 is 1.33 bits per heavy atom. The van der Waals surface area contributed by atoms with Gasteiger partial charge in [0.2, 0.25) is 5.95 Å². The quantitative estimate of drug-likeness (QED) is 0.329. The highest BCUT2D eigenvalue weighted by molar-refractivity contribution is 5.74. The molecule has 0 spiro atoms. The smallest absolute Gasteiger partial charge is 0.329 e. The number of aromatic nitrogens is 4. The molecule has 1 unspecified atom stereocenters. The second-order valence-electron chi connectivity index (χ2n) is 6.14. The van der Waals surface area contributed by atoms with E-state index in [1.165, 1.54) is 21.7 Å². The number of nitrogen functional groups attached to an aromatic ring is 1. The number of benzene rings is 1. The second-order valence-corrected chi connectivity index (χ2v) is 6.14. The van der Waals surface area contributed by atoms with E-state index in [4.69, 9.17) is 10.6 Å². The standard InChI is InChI=1S/C17H22N6O4/c1-3-10-4-6-12(7-5-10)27-9-11(24)8-23-13-14(19-16(23)21-18)22(2)17(26)20-15(13)25/h4-7,11,24H,3,8-9,18H2,1-2H3,(H,19,21)(H,20,25,26). The van der Waals surface area contributed by atoms with Crippen LogP contribution in [0.4, 0.5) is 5.95 Å². The lowest BCUT2D eigenvalue weighted by atomic mass is 10.2. The maximum absolute atomic E-state index is 12.2. The number of H-pyrrole nitrogens is 1. The molecule has 3 rings (SSSR count). The molecule has 0 aliphatic carbocycles. The van der Waals surface area contributed by atoms with Crippen molar-refractivity contribution in [2.75, 3.05) is 12.0 Å². The molecule has 0 fully saturated rings. The zero-order chi connectivity index (χ0) is 19.6. The van der Waals surface area contributed by atoms with Gasteiger partial charge in [0.25, 0.3) is 5.56 Å².